The number of H-pyrrole nitrogens is 1. The van der Waals surface area contributed by atoms with E-state index in [1.807, 2.05) is 49.3 Å². The maximum atomic E-state index is 11.6. The molecule has 0 bridgehead atoms. The maximum absolute atomic E-state index is 11.6. The van der Waals surface area contributed by atoms with Crippen LogP contribution in [0.1, 0.15) is 5.82 Å². The molecule has 0 spiro atoms. The summed E-state index contributed by atoms with van der Waals surface area (Å²) >= 11 is 0. The molecule has 0 saturated heterocycles. The van der Waals surface area contributed by atoms with Gasteiger partial charge in [0, 0.05) is 18.7 Å². The minimum Gasteiger partial charge on any atom is -0.337 e. The molecule has 112 valence electrons. The van der Waals surface area contributed by atoms with Crippen LogP contribution in [-0.2, 0) is 6.54 Å². The first kappa shape index (κ1) is 15.0. The summed E-state index contributed by atoms with van der Waals surface area (Å²) in [5.41, 5.74) is 0.940. The van der Waals surface area contributed by atoms with Crippen LogP contribution >= 0.6 is 0 Å². The molecule has 7 nitrogen and oxygen atoms in total. The highest BCUT2D eigenvalue weighted by molar-refractivity contribution is 5.73. The van der Waals surface area contributed by atoms with Gasteiger partial charge in [-0.25, -0.2) is 9.78 Å². The minimum atomic E-state index is -0.213. The first-order valence-electron chi connectivity index (χ1n) is 6.78. The number of carbonyl (C=O) groups is 1. The van der Waals surface area contributed by atoms with Crippen molar-refractivity contribution in [1.82, 2.24) is 30.7 Å². The maximum Gasteiger partial charge on any atom is 0.315 e. The lowest BCUT2D eigenvalue weighted by Crippen LogP contribution is -2.38. The fourth-order valence-corrected chi connectivity index (χ4v) is 1.71. The van der Waals surface area contributed by atoms with Gasteiger partial charge in [0.25, 0.3) is 0 Å². The molecular formula is C14H20N6O. The van der Waals surface area contributed by atoms with E-state index in [0.29, 0.717) is 24.7 Å². The molecule has 0 unspecified atom stereocenters. The van der Waals surface area contributed by atoms with E-state index in [1.165, 1.54) is 0 Å². The Morgan fingerprint density at radius 3 is 2.71 bits per heavy atom. The van der Waals surface area contributed by atoms with E-state index >= 15 is 0 Å². The minimum absolute atomic E-state index is 0.213. The van der Waals surface area contributed by atoms with Gasteiger partial charge in [-0.3, -0.25) is 5.10 Å². The second kappa shape index (κ2) is 7.39. The van der Waals surface area contributed by atoms with Crippen LogP contribution in [-0.4, -0.2) is 53.3 Å². The van der Waals surface area contributed by atoms with Gasteiger partial charge in [-0.15, -0.1) is 0 Å². The molecule has 0 aliphatic rings. The van der Waals surface area contributed by atoms with Crippen LogP contribution < -0.4 is 10.6 Å². The molecule has 1 aromatic heterocycles. The van der Waals surface area contributed by atoms with Gasteiger partial charge in [0.2, 0.25) is 0 Å². The molecule has 2 rings (SSSR count). The standard InChI is InChI=1S/C14H20N6O/c1-20(2)9-8-15-14(21)16-10-12-17-13(19-18-12)11-6-4-3-5-7-11/h3-7H,8-10H2,1-2H3,(H2,15,16,21)(H,17,18,19). The third kappa shape index (κ3) is 4.88. The number of nitrogens with one attached hydrogen (secondary N) is 3. The number of carbonyl (C=O) groups excluding carboxylic acids is 1. The number of nitrogens with zero attached hydrogens (tertiary/aromatic N) is 3. The Morgan fingerprint density at radius 1 is 1.24 bits per heavy atom. The smallest absolute Gasteiger partial charge is 0.315 e. The Morgan fingerprint density at radius 2 is 2.00 bits per heavy atom. The van der Waals surface area contributed by atoms with Crippen LogP contribution in [0, 0.1) is 0 Å². The summed E-state index contributed by atoms with van der Waals surface area (Å²) in [6, 6.07) is 9.47. The number of aromatic nitrogens is 3. The third-order valence-electron chi connectivity index (χ3n) is 2.82. The zero-order valence-electron chi connectivity index (χ0n) is 12.3. The van der Waals surface area contributed by atoms with Gasteiger partial charge in [0.15, 0.2) is 5.82 Å². The van der Waals surface area contributed by atoms with Crippen molar-refractivity contribution >= 4 is 6.03 Å². The molecule has 0 radical (unpaired) electrons. The Bertz CT molecular complexity index is 566. The predicted octanol–water partition coefficient (Wildman–Crippen LogP) is 0.832. The Labute approximate surface area is 123 Å². The molecule has 0 aliphatic carbocycles. The summed E-state index contributed by atoms with van der Waals surface area (Å²) in [6.07, 6.45) is 0. The third-order valence-corrected chi connectivity index (χ3v) is 2.82. The number of urea groups is 1. The zero-order valence-corrected chi connectivity index (χ0v) is 12.3. The first-order valence-corrected chi connectivity index (χ1v) is 6.78. The molecule has 2 amide bonds. The molecule has 21 heavy (non-hydrogen) atoms. The van der Waals surface area contributed by atoms with Crippen LogP contribution in [0.25, 0.3) is 11.4 Å². The summed E-state index contributed by atoms with van der Waals surface area (Å²) in [7, 11) is 3.92. The second-order valence-corrected chi connectivity index (χ2v) is 4.88. The van der Waals surface area contributed by atoms with Crippen molar-refractivity contribution in [3.05, 3.63) is 36.2 Å². The molecule has 0 aliphatic heterocycles. The number of aromatic amines is 1. The van der Waals surface area contributed by atoms with Crippen molar-refractivity contribution in [3.63, 3.8) is 0 Å². The number of amides is 2. The molecule has 3 N–H and O–H groups in total. The SMILES string of the molecule is CN(C)CCNC(=O)NCc1nc(-c2ccccc2)n[nH]1. The molecule has 0 fully saturated rings. The Hall–Kier alpha value is -2.41. The lowest BCUT2D eigenvalue weighted by Gasteiger charge is -2.10. The van der Waals surface area contributed by atoms with E-state index < -0.39 is 0 Å². The van der Waals surface area contributed by atoms with Gasteiger partial charge in [0.05, 0.1) is 6.54 Å². The lowest BCUT2D eigenvalue weighted by molar-refractivity contribution is 0.239. The fourth-order valence-electron chi connectivity index (χ4n) is 1.71. The topological polar surface area (TPSA) is 85.9 Å². The number of likely N-dealkylation sites (N-methyl/N-ethyl adjacent to an activating group) is 1. The Kier molecular flexibility index (Phi) is 5.28. The summed E-state index contributed by atoms with van der Waals surface area (Å²) < 4.78 is 0. The molecule has 0 atom stereocenters. The predicted molar refractivity (Wildman–Crippen MR) is 80.6 cm³/mol. The van der Waals surface area contributed by atoms with Crippen molar-refractivity contribution in [2.45, 2.75) is 6.54 Å². The van der Waals surface area contributed by atoms with E-state index in [1.54, 1.807) is 0 Å². The van der Waals surface area contributed by atoms with Crippen LogP contribution in [0.5, 0.6) is 0 Å². The molecular weight excluding hydrogens is 268 g/mol. The molecule has 1 aromatic carbocycles. The number of benzene rings is 1. The average molecular weight is 288 g/mol. The summed E-state index contributed by atoms with van der Waals surface area (Å²) in [4.78, 5) is 17.9. The van der Waals surface area contributed by atoms with Crippen LogP contribution in [0.4, 0.5) is 4.79 Å². The van der Waals surface area contributed by atoms with Crippen molar-refractivity contribution in [3.8, 4) is 11.4 Å². The van der Waals surface area contributed by atoms with Crippen LogP contribution in [0.3, 0.4) is 0 Å². The average Bonchev–Trinajstić information content (AvgIpc) is 2.94. The number of hydrogen-bond acceptors (Lipinski definition) is 4. The van der Waals surface area contributed by atoms with Gasteiger partial charge < -0.3 is 15.5 Å². The highest BCUT2D eigenvalue weighted by atomic mass is 16.2. The quantitative estimate of drug-likeness (QED) is 0.735. The largest absolute Gasteiger partial charge is 0.337 e. The normalized spacial score (nSPS) is 10.6. The fraction of sp³-hybridized carbons (Fsp3) is 0.357. The van der Waals surface area contributed by atoms with E-state index in [0.717, 1.165) is 12.1 Å². The molecule has 2 aromatic rings. The molecule has 1 heterocycles. The zero-order chi connectivity index (χ0) is 15.1. The van der Waals surface area contributed by atoms with Gasteiger partial charge in [-0.05, 0) is 14.1 Å². The van der Waals surface area contributed by atoms with E-state index in [-0.39, 0.29) is 6.03 Å². The van der Waals surface area contributed by atoms with Crippen LogP contribution in [0.15, 0.2) is 30.3 Å². The van der Waals surface area contributed by atoms with Crippen molar-refractivity contribution in [1.29, 1.82) is 0 Å². The number of rotatable bonds is 6. The summed E-state index contributed by atoms with van der Waals surface area (Å²) in [6.45, 7) is 1.71. The molecule has 7 heteroatoms. The highest BCUT2D eigenvalue weighted by Gasteiger charge is 2.06. The monoisotopic (exact) mass is 288 g/mol. The van der Waals surface area contributed by atoms with E-state index in [9.17, 15) is 4.79 Å². The van der Waals surface area contributed by atoms with Gasteiger partial charge >= 0.3 is 6.03 Å². The highest BCUT2D eigenvalue weighted by Crippen LogP contribution is 2.12. The Balaban J connectivity index is 1.79. The van der Waals surface area contributed by atoms with Gasteiger partial charge in [-0.2, -0.15) is 5.10 Å². The van der Waals surface area contributed by atoms with Crippen molar-refractivity contribution in [2.24, 2.45) is 0 Å². The van der Waals surface area contributed by atoms with E-state index in [4.69, 9.17) is 0 Å². The molecule has 0 saturated carbocycles. The summed E-state index contributed by atoms with van der Waals surface area (Å²) in [5, 5.41) is 12.5. The lowest BCUT2D eigenvalue weighted by atomic mass is 10.2. The van der Waals surface area contributed by atoms with Gasteiger partial charge in [0.1, 0.15) is 5.82 Å². The second-order valence-electron chi connectivity index (χ2n) is 4.88. The number of hydrogen-bond donors (Lipinski definition) is 3. The van der Waals surface area contributed by atoms with Crippen molar-refractivity contribution < 1.29 is 4.79 Å². The summed E-state index contributed by atoms with van der Waals surface area (Å²) in [5.74, 6) is 1.25. The van der Waals surface area contributed by atoms with Crippen LogP contribution in [0.2, 0.25) is 0 Å². The van der Waals surface area contributed by atoms with Gasteiger partial charge in [-0.1, -0.05) is 30.3 Å². The first-order chi connectivity index (χ1) is 10.1. The van der Waals surface area contributed by atoms with Crippen molar-refractivity contribution in [2.75, 3.05) is 27.2 Å². The van der Waals surface area contributed by atoms with E-state index in [2.05, 4.69) is 25.8 Å².